The van der Waals surface area contributed by atoms with Gasteiger partial charge in [0.05, 0.1) is 6.42 Å². The topological polar surface area (TPSA) is 63.6 Å². The molecule has 1 N–H and O–H groups in total. The van der Waals surface area contributed by atoms with Gasteiger partial charge in [0.2, 0.25) is 0 Å². The molecule has 0 aliphatic rings. The minimum absolute atomic E-state index is 0.0872. The van der Waals surface area contributed by atoms with Gasteiger partial charge in [-0.2, -0.15) is 0 Å². The Balaban J connectivity index is 3.57. The fourth-order valence-corrected chi connectivity index (χ4v) is 2.14. The van der Waals surface area contributed by atoms with Gasteiger partial charge in [0.25, 0.3) is 0 Å². The number of carboxylic acid groups (broad SMARTS) is 1. The summed E-state index contributed by atoms with van der Waals surface area (Å²) in [5.41, 5.74) is 0. The van der Waals surface area contributed by atoms with E-state index >= 15 is 0 Å². The zero-order valence-electron chi connectivity index (χ0n) is 12.3. The lowest BCUT2D eigenvalue weighted by Gasteiger charge is -2.14. The van der Waals surface area contributed by atoms with E-state index in [1.807, 2.05) is 0 Å². The number of carbonyl (C=O) groups excluding carboxylic acids is 1. The van der Waals surface area contributed by atoms with E-state index < -0.39 is 18.0 Å². The van der Waals surface area contributed by atoms with Crippen molar-refractivity contribution in [3.63, 3.8) is 0 Å². The van der Waals surface area contributed by atoms with Crippen LogP contribution < -0.4 is 0 Å². The molecule has 0 saturated carbocycles. The first-order chi connectivity index (χ1) is 9.06. The normalized spacial score (nSPS) is 12.1. The first kappa shape index (κ1) is 17.9. The Labute approximate surface area is 116 Å². The van der Waals surface area contributed by atoms with Crippen molar-refractivity contribution in [3.05, 3.63) is 0 Å². The van der Waals surface area contributed by atoms with Crippen molar-refractivity contribution in [2.24, 2.45) is 0 Å². The molecule has 0 aromatic carbocycles. The molecule has 0 rings (SSSR count). The van der Waals surface area contributed by atoms with Gasteiger partial charge in [-0.05, 0) is 12.8 Å². The van der Waals surface area contributed by atoms with Crippen LogP contribution in [0.1, 0.15) is 78.1 Å². The molecule has 4 heteroatoms. The van der Waals surface area contributed by atoms with E-state index in [4.69, 9.17) is 9.84 Å². The van der Waals surface area contributed by atoms with Gasteiger partial charge in [0, 0.05) is 6.92 Å². The molecule has 0 aliphatic heterocycles. The molecule has 4 nitrogen and oxygen atoms in total. The summed E-state index contributed by atoms with van der Waals surface area (Å²) < 4.78 is 5.00. The Morgan fingerprint density at radius 2 is 1.53 bits per heavy atom. The summed E-state index contributed by atoms with van der Waals surface area (Å²) in [5, 5.41) is 8.73. The highest BCUT2D eigenvalue weighted by Gasteiger charge is 2.15. The number of ether oxygens (including phenoxy) is 1. The Kier molecular flexibility index (Phi) is 11.3. The molecule has 0 amide bonds. The number of hydrogen-bond acceptors (Lipinski definition) is 3. The van der Waals surface area contributed by atoms with Crippen LogP contribution in [0.15, 0.2) is 0 Å². The number of carboxylic acids is 1. The third kappa shape index (κ3) is 13.2. The van der Waals surface area contributed by atoms with E-state index in [9.17, 15) is 9.59 Å². The molecule has 0 aromatic rings. The SMILES string of the molecule is CCCCCCCCCC[C@H](CC(=O)O)OC(C)=O. The predicted molar refractivity (Wildman–Crippen MR) is 75.0 cm³/mol. The summed E-state index contributed by atoms with van der Waals surface area (Å²) in [6.07, 6.45) is 9.73. The van der Waals surface area contributed by atoms with Crippen molar-refractivity contribution in [2.75, 3.05) is 0 Å². The van der Waals surface area contributed by atoms with Crippen molar-refractivity contribution in [1.29, 1.82) is 0 Å². The summed E-state index contributed by atoms with van der Waals surface area (Å²) in [5.74, 6) is -1.31. The van der Waals surface area contributed by atoms with Gasteiger partial charge in [0.1, 0.15) is 6.10 Å². The second-order valence-corrected chi connectivity index (χ2v) is 5.09. The number of esters is 1. The molecular weight excluding hydrogens is 244 g/mol. The Morgan fingerprint density at radius 3 is 2.00 bits per heavy atom. The minimum atomic E-state index is -0.911. The molecule has 112 valence electrons. The number of rotatable bonds is 12. The first-order valence-electron chi connectivity index (χ1n) is 7.45. The lowest BCUT2D eigenvalue weighted by Crippen LogP contribution is -2.20. The zero-order valence-corrected chi connectivity index (χ0v) is 12.3. The van der Waals surface area contributed by atoms with Gasteiger partial charge in [-0.3, -0.25) is 9.59 Å². The molecule has 0 bridgehead atoms. The van der Waals surface area contributed by atoms with Gasteiger partial charge in [0.15, 0.2) is 0 Å². The van der Waals surface area contributed by atoms with E-state index in [1.54, 1.807) is 0 Å². The highest BCUT2D eigenvalue weighted by Crippen LogP contribution is 2.13. The molecule has 0 fully saturated rings. The molecule has 0 radical (unpaired) electrons. The van der Waals surface area contributed by atoms with Gasteiger partial charge in [-0.15, -0.1) is 0 Å². The fourth-order valence-electron chi connectivity index (χ4n) is 2.14. The van der Waals surface area contributed by atoms with Crippen LogP contribution in [0.3, 0.4) is 0 Å². The monoisotopic (exact) mass is 272 g/mol. The maximum Gasteiger partial charge on any atom is 0.307 e. The summed E-state index contributed by atoms with van der Waals surface area (Å²) >= 11 is 0. The molecule has 0 unspecified atom stereocenters. The lowest BCUT2D eigenvalue weighted by atomic mass is 10.0. The van der Waals surface area contributed by atoms with Crippen LogP contribution in [-0.4, -0.2) is 23.1 Å². The van der Waals surface area contributed by atoms with E-state index in [-0.39, 0.29) is 6.42 Å². The van der Waals surface area contributed by atoms with Gasteiger partial charge in [-0.1, -0.05) is 51.9 Å². The molecular formula is C15H28O4. The van der Waals surface area contributed by atoms with Crippen molar-refractivity contribution >= 4 is 11.9 Å². The van der Waals surface area contributed by atoms with Gasteiger partial charge < -0.3 is 9.84 Å². The smallest absolute Gasteiger partial charge is 0.307 e. The lowest BCUT2D eigenvalue weighted by molar-refractivity contribution is -0.151. The van der Waals surface area contributed by atoms with Crippen LogP contribution in [0.25, 0.3) is 0 Å². The third-order valence-corrected chi connectivity index (χ3v) is 3.11. The van der Waals surface area contributed by atoms with Crippen LogP contribution in [-0.2, 0) is 14.3 Å². The molecule has 0 spiro atoms. The summed E-state index contributed by atoms with van der Waals surface area (Å²) in [7, 11) is 0. The summed E-state index contributed by atoms with van der Waals surface area (Å²) in [6, 6.07) is 0. The summed E-state index contributed by atoms with van der Waals surface area (Å²) in [4.78, 5) is 21.5. The average molecular weight is 272 g/mol. The summed E-state index contributed by atoms with van der Waals surface area (Å²) in [6.45, 7) is 3.53. The van der Waals surface area contributed by atoms with Crippen molar-refractivity contribution in [2.45, 2.75) is 84.2 Å². The highest BCUT2D eigenvalue weighted by atomic mass is 16.5. The first-order valence-corrected chi connectivity index (χ1v) is 7.45. The van der Waals surface area contributed by atoms with Crippen LogP contribution in [0.5, 0.6) is 0 Å². The number of unbranched alkanes of at least 4 members (excludes halogenated alkanes) is 7. The van der Waals surface area contributed by atoms with Gasteiger partial charge >= 0.3 is 11.9 Å². The second-order valence-electron chi connectivity index (χ2n) is 5.09. The van der Waals surface area contributed by atoms with E-state index in [0.29, 0.717) is 6.42 Å². The second kappa shape index (κ2) is 12.0. The molecule has 0 aliphatic carbocycles. The maximum atomic E-state index is 10.9. The molecule has 0 aromatic heterocycles. The minimum Gasteiger partial charge on any atom is -0.481 e. The standard InChI is InChI=1S/C15H28O4/c1-3-4-5-6-7-8-9-10-11-14(12-15(17)18)19-13(2)16/h14H,3-12H2,1-2H3,(H,17,18)/t14-/m1/s1. The van der Waals surface area contributed by atoms with Crippen LogP contribution >= 0.6 is 0 Å². The molecule has 19 heavy (non-hydrogen) atoms. The van der Waals surface area contributed by atoms with Crippen LogP contribution in [0.4, 0.5) is 0 Å². The van der Waals surface area contributed by atoms with Gasteiger partial charge in [-0.25, -0.2) is 0 Å². The van der Waals surface area contributed by atoms with E-state index in [1.165, 1.54) is 45.4 Å². The van der Waals surface area contributed by atoms with E-state index in [2.05, 4.69) is 6.92 Å². The Bertz CT molecular complexity index is 235. The third-order valence-electron chi connectivity index (χ3n) is 3.11. The van der Waals surface area contributed by atoms with Crippen molar-refractivity contribution in [3.8, 4) is 0 Å². The average Bonchev–Trinajstić information content (AvgIpc) is 2.30. The largest absolute Gasteiger partial charge is 0.481 e. The molecule has 0 heterocycles. The Hall–Kier alpha value is -1.06. The predicted octanol–water partition coefficient (Wildman–Crippen LogP) is 3.92. The maximum absolute atomic E-state index is 10.9. The van der Waals surface area contributed by atoms with Crippen molar-refractivity contribution < 1.29 is 19.4 Å². The van der Waals surface area contributed by atoms with Crippen LogP contribution in [0, 0.1) is 0 Å². The Morgan fingerprint density at radius 1 is 1.00 bits per heavy atom. The number of hydrogen-bond donors (Lipinski definition) is 1. The number of carbonyl (C=O) groups is 2. The quantitative estimate of drug-likeness (QED) is 0.432. The zero-order chi connectivity index (χ0) is 14.5. The highest BCUT2D eigenvalue weighted by molar-refractivity contribution is 5.69. The van der Waals surface area contributed by atoms with Crippen LogP contribution in [0.2, 0.25) is 0 Å². The number of aliphatic carboxylic acids is 1. The molecule has 0 saturated heterocycles. The van der Waals surface area contributed by atoms with Crippen molar-refractivity contribution in [1.82, 2.24) is 0 Å². The fraction of sp³-hybridized carbons (Fsp3) is 0.867. The van der Waals surface area contributed by atoms with E-state index in [0.717, 1.165) is 12.8 Å². The molecule has 1 atom stereocenters.